The maximum atomic E-state index is 13.7. The molecular weight excluding hydrogens is 460 g/mol. The molecule has 1 unspecified atom stereocenters. The van der Waals surface area contributed by atoms with Gasteiger partial charge in [0.25, 0.3) is 5.56 Å². The number of ether oxygens (including phenoxy) is 2. The number of nitrogens with zero attached hydrogens (tertiary/aromatic N) is 2. The smallest absolute Gasteiger partial charge is 0.355 e. The second-order valence-corrected chi connectivity index (χ2v) is 10.00. The minimum absolute atomic E-state index is 0.0207. The summed E-state index contributed by atoms with van der Waals surface area (Å²) in [6, 6.07) is 6.82. The van der Waals surface area contributed by atoms with Crippen molar-refractivity contribution in [2.24, 2.45) is 11.8 Å². The molecule has 2 aliphatic heterocycles. The Balaban J connectivity index is 1.74. The van der Waals surface area contributed by atoms with Gasteiger partial charge < -0.3 is 19.1 Å². The molecule has 1 N–H and O–H groups in total. The Bertz CT molecular complexity index is 1490. The van der Waals surface area contributed by atoms with Crippen LogP contribution in [0, 0.1) is 11.8 Å². The van der Waals surface area contributed by atoms with Crippen molar-refractivity contribution in [3.05, 3.63) is 56.9 Å². The summed E-state index contributed by atoms with van der Waals surface area (Å²) in [6.07, 6.45) is 0.828. The van der Waals surface area contributed by atoms with E-state index in [4.69, 9.17) is 14.5 Å². The summed E-state index contributed by atoms with van der Waals surface area (Å²) < 4.78 is 13.0. The highest BCUT2D eigenvalue weighted by molar-refractivity contribution is 5.90. The minimum atomic E-state index is -1.69. The van der Waals surface area contributed by atoms with Crippen LogP contribution in [0.3, 0.4) is 0 Å². The van der Waals surface area contributed by atoms with Crippen molar-refractivity contribution in [2.75, 3.05) is 0 Å². The number of rotatable bonds is 5. The van der Waals surface area contributed by atoms with Gasteiger partial charge >= 0.3 is 11.9 Å². The second kappa shape index (κ2) is 8.47. The van der Waals surface area contributed by atoms with Gasteiger partial charge in [0.05, 0.1) is 34.9 Å². The van der Waals surface area contributed by atoms with Crippen molar-refractivity contribution >= 4 is 22.8 Å². The average molecular weight is 491 g/mol. The topological polar surface area (TPSA) is 108 Å². The molecule has 0 fully saturated rings. The number of aromatic hydroxyl groups is 1. The van der Waals surface area contributed by atoms with Gasteiger partial charge in [-0.05, 0) is 48.6 Å². The molecule has 188 valence electrons. The first-order valence-electron chi connectivity index (χ1n) is 12.4. The Kier molecular flexibility index (Phi) is 5.65. The first kappa shape index (κ1) is 24.0. The van der Waals surface area contributed by atoms with Crippen molar-refractivity contribution in [1.82, 2.24) is 9.55 Å². The third-order valence-electron chi connectivity index (χ3n) is 7.76. The fourth-order valence-electron chi connectivity index (χ4n) is 5.25. The molecule has 0 amide bonds. The molecule has 5 rings (SSSR count). The molecule has 0 spiro atoms. The largest absolute Gasteiger partial charge is 0.508 e. The van der Waals surface area contributed by atoms with Gasteiger partial charge in [-0.2, -0.15) is 0 Å². The van der Waals surface area contributed by atoms with E-state index in [1.54, 1.807) is 42.7 Å². The van der Waals surface area contributed by atoms with Crippen LogP contribution >= 0.6 is 0 Å². The lowest BCUT2D eigenvalue weighted by Crippen LogP contribution is -2.48. The van der Waals surface area contributed by atoms with Crippen LogP contribution in [0.4, 0.5) is 0 Å². The number of esters is 2. The molecule has 3 aromatic rings. The van der Waals surface area contributed by atoms with Gasteiger partial charge in [-0.15, -0.1) is 0 Å². The predicted octanol–water partition coefficient (Wildman–Crippen LogP) is 4.19. The lowest BCUT2D eigenvalue weighted by molar-refractivity contribution is -0.192. The molecule has 8 nitrogen and oxygen atoms in total. The van der Waals surface area contributed by atoms with Gasteiger partial charge in [-0.1, -0.05) is 34.6 Å². The standard InChI is InChI=1S/C28H30N2O6/c1-6-17-18-10-16(31)8-9-22(18)29-24-19(17)12-30-23(24)11-21-20(25(30)32)13-35-27(34)28(21,7-2)36-26(33)15(5)14(3)4/h8-11,14-15,31H,6-7,12-13H2,1-5H3/t15?,28-/m0/s1. The monoisotopic (exact) mass is 490 g/mol. The predicted molar refractivity (Wildman–Crippen MR) is 133 cm³/mol. The fraction of sp³-hybridized carbons (Fsp3) is 0.429. The highest BCUT2D eigenvalue weighted by Gasteiger charge is 2.51. The molecule has 0 aliphatic carbocycles. The number of phenolic OH excluding ortho intramolecular Hbond substituents is 1. The third-order valence-corrected chi connectivity index (χ3v) is 7.76. The van der Waals surface area contributed by atoms with E-state index >= 15 is 0 Å². The molecule has 2 atom stereocenters. The van der Waals surface area contributed by atoms with E-state index in [0.717, 1.165) is 16.5 Å². The number of pyridine rings is 2. The summed E-state index contributed by atoms with van der Waals surface area (Å²) in [7, 11) is 0. The van der Waals surface area contributed by atoms with E-state index in [1.165, 1.54) is 0 Å². The van der Waals surface area contributed by atoms with E-state index in [2.05, 4.69) is 0 Å². The van der Waals surface area contributed by atoms with Crippen molar-refractivity contribution in [3.8, 4) is 17.1 Å². The highest BCUT2D eigenvalue weighted by atomic mass is 16.6. The number of phenols is 1. The number of cyclic esters (lactones) is 1. The highest BCUT2D eigenvalue weighted by Crippen LogP contribution is 2.42. The van der Waals surface area contributed by atoms with E-state index in [0.29, 0.717) is 41.0 Å². The van der Waals surface area contributed by atoms with Crippen LogP contribution in [0.25, 0.3) is 22.3 Å². The zero-order chi connectivity index (χ0) is 25.9. The van der Waals surface area contributed by atoms with Crippen molar-refractivity contribution in [2.45, 2.75) is 66.2 Å². The molecule has 0 radical (unpaired) electrons. The van der Waals surface area contributed by atoms with Crippen LogP contribution in [0.5, 0.6) is 5.75 Å². The first-order chi connectivity index (χ1) is 17.1. The van der Waals surface area contributed by atoms with Crippen molar-refractivity contribution < 1.29 is 24.2 Å². The minimum Gasteiger partial charge on any atom is -0.508 e. The van der Waals surface area contributed by atoms with Crippen LogP contribution in [0.2, 0.25) is 0 Å². The molecule has 0 saturated heterocycles. The van der Waals surface area contributed by atoms with Gasteiger partial charge in [-0.25, -0.2) is 9.78 Å². The van der Waals surface area contributed by atoms with E-state index < -0.39 is 23.5 Å². The number of hydrogen-bond acceptors (Lipinski definition) is 7. The van der Waals surface area contributed by atoms with E-state index in [1.807, 2.05) is 20.8 Å². The molecule has 36 heavy (non-hydrogen) atoms. The van der Waals surface area contributed by atoms with Crippen LogP contribution in [0.1, 0.15) is 63.3 Å². The number of hydrogen-bond donors (Lipinski definition) is 1. The Hall–Kier alpha value is -3.68. The lowest BCUT2D eigenvalue weighted by Gasteiger charge is -2.36. The molecule has 1 aromatic carbocycles. The third kappa shape index (κ3) is 3.34. The number of carbonyl (C=O) groups is 2. The van der Waals surface area contributed by atoms with E-state index in [9.17, 15) is 19.5 Å². The number of carbonyl (C=O) groups excluding carboxylic acids is 2. The van der Waals surface area contributed by atoms with Gasteiger partial charge in [-0.3, -0.25) is 9.59 Å². The molecule has 2 aliphatic rings. The Morgan fingerprint density at radius 3 is 2.61 bits per heavy atom. The number of benzene rings is 1. The van der Waals surface area contributed by atoms with Crippen LogP contribution < -0.4 is 5.56 Å². The zero-order valence-corrected chi connectivity index (χ0v) is 21.2. The molecule has 2 aromatic heterocycles. The second-order valence-electron chi connectivity index (χ2n) is 10.00. The van der Waals surface area contributed by atoms with E-state index in [-0.39, 0.29) is 30.3 Å². The first-order valence-corrected chi connectivity index (χ1v) is 12.4. The van der Waals surface area contributed by atoms with Gasteiger partial charge in [0, 0.05) is 16.5 Å². The van der Waals surface area contributed by atoms with Crippen LogP contribution in [0.15, 0.2) is 29.1 Å². The summed E-state index contributed by atoms with van der Waals surface area (Å²) in [5.74, 6) is -1.43. The van der Waals surface area contributed by atoms with Gasteiger partial charge in [0.2, 0.25) is 5.60 Å². The summed E-state index contributed by atoms with van der Waals surface area (Å²) in [6.45, 7) is 9.51. The maximum absolute atomic E-state index is 13.7. The molecular formula is C28H30N2O6. The van der Waals surface area contributed by atoms with Crippen molar-refractivity contribution in [1.29, 1.82) is 0 Å². The molecule has 8 heteroatoms. The Labute approximate surface area is 208 Å². The average Bonchev–Trinajstić information content (AvgIpc) is 3.22. The summed E-state index contributed by atoms with van der Waals surface area (Å²) in [5, 5.41) is 10.9. The van der Waals surface area contributed by atoms with Gasteiger partial charge in [0.15, 0.2) is 0 Å². The number of aromatic nitrogens is 2. The normalized spacial score (nSPS) is 19.0. The number of fused-ring (bicyclic) bond motifs is 5. The quantitative estimate of drug-likeness (QED) is 0.418. The Morgan fingerprint density at radius 1 is 1.19 bits per heavy atom. The molecule has 0 bridgehead atoms. The van der Waals surface area contributed by atoms with Crippen LogP contribution in [-0.4, -0.2) is 26.6 Å². The summed E-state index contributed by atoms with van der Waals surface area (Å²) in [4.78, 5) is 44.7. The van der Waals surface area contributed by atoms with Crippen LogP contribution in [-0.2, 0) is 44.2 Å². The maximum Gasteiger partial charge on any atom is 0.355 e. The summed E-state index contributed by atoms with van der Waals surface area (Å²) >= 11 is 0. The molecule has 4 heterocycles. The lowest BCUT2D eigenvalue weighted by atomic mass is 9.85. The zero-order valence-electron chi connectivity index (χ0n) is 21.2. The molecule has 0 saturated carbocycles. The van der Waals surface area contributed by atoms with Crippen molar-refractivity contribution in [3.63, 3.8) is 0 Å². The Morgan fingerprint density at radius 2 is 1.94 bits per heavy atom. The van der Waals surface area contributed by atoms with Gasteiger partial charge in [0.1, 0.15) is 12.4 Å². The number of aryl methyl sites for hydroxylation is 1. The SMILES string of the molecule is CCc1c2c(nc3ccc(O)cc13)-c1cc3c(c(=O)n1C2)COC(=O)[C@@]3(CC)OC(=O)C(C)C(C)C. The summed E-state index contributed by atoms with van der Waals surface area (Å²) in [5.41, 5.74) is 2.59. The fourth-order valence-corrected chi connectivity index (χ4v) is 5.25.